The third-order valence-corrected chi connectivity index (χ3v) is 4.08. The van der Waals surface area contributed by atoms with Crippen molar-refractivity contribution in [2.45, 2.75) is 52.6 Å². The van der Waals surface area contributed by atoms with Gasteiger partial charge in [0.2, 0.25) is 0 Å². The molecule has 3 nitrogen and oxygen atoms in total. The standard InChI is InChI=1S/C17H26N2O/c1-12(2)19(11-15-6-5-9-18-15)17(20)16-8-7-13(3)10-14(16)4/h7-8,10,12,15,18H,5-6,9,11H2,1-4H3. The van der Waals surface area contributed by atoms with Crippen molar-refractivity contribution in [2.75, 3.05) is 13.1 Å². The second kappa shape index (κ2) is 6.40. The zero-order chi connectivity index (χ0) is 14.7. The van der Waals surface area contributed by atoms with E-state index in [-0.39, 0.29) is 11.9 Å². The van der Waals surface area contributed by atoms with Gasteiger partial charge in [0.1, 0.15) is 0 Å². The lowest BCUT2D eigenvalue weighted by molar-refractivity contribution is 0.0688. The predicted molar refractivity (Wildman–Crippen MR) is 83.1 cm³/mol. The number of carbonyl (C=O) groups excluding carboxylic acids is 1. The van der Waals surface area contributed by atoms with E-state index in [2.05, 4.69) is 32.2 Å². The molecule has 20 heavy (non-hydrogen) atoms. The average Bonchev–Trinajstić information content (AvgIpc) is 2.87. The van der Waals surface area contributed by atoms with Crippen molar-refractivity contribution in [1.82, 2.24) is 10.2 Å². The van der Waals surface area contributed by atoms with Gasteiger partial charge in [-0.1, -0.05) is 17.7 Å². The molecule has 0 saturated carbocycles. The van der Waals surface area contributed by atoms with E-state index < -0.39 is 0 Å². The molecule has 2 rings (SSSR count). The topological polar surface area (TPSA) is 32.3 Å². The zero-order valence-electron chi connectivity index (χ0n) is 13.1. The summed E-state index contributed by atoms with van der Waals surface area (Å²) < 4.78 is 0. The molecule has 1 atom stereocenters. The Morgan fingerprint density at radius 3 is 2.70 bits per heavy atom. The molecule has 0 spiro atoms. The van der Waals surface area contributed by atoms with Crippen LogP contribution in [0.2, 0.25) is 0 Å². The van der Waals surface area contributed by atoms with Gasteiger partial charge in [0.15, 0.2) is 0 Å². The van der Waals surface area contributed by atoms with Gasteiger partial charge in [-0.05, 0) is 58.7 Å². The SMILES string of the molecule is Cc1ccc(C(=O)N(CC2CCCN2)C(C)C)c(C)c1. The van der Waals surface area contributed by atoms with Crippen LogP contribution < -0.4 is 5.32 Å². The van der Waals surface area contributed by atoms with Gasteiger partial charge in [-0.25, -0.2) is 0 Å². The molecule has 1 unspecified atom stereocenters. The van der Waals surface area contributed by atoms with Crippen LogP contribution in [0.3, 0.4) is 0 Å². The minimum absolute atomic E-state index is 0.159. The van der Waals surface area contributed by atoms with E-state index in [4.69, 9.17) is 0 Å². The quantitative estimate of drug-likeness (QED) is 0.915. The Balaban J connectivity index is 2.17. The second-order valence-corrected chi connectivity index (χ2v) is 6.16. The Morgan fingerprint density at radius 1 is 1.40 bits per heavy atom. The van der Waals surface area contributed by atoms with E-state index in [9.17, 15) is 4.79 Å². The van der Waals surface area contributed by atoms with Crippen molar-refractivity contribution < 1.29 is 4.79 Å². The van der Waals surface area contributed by atoms with Crippen molar-refractivity contribution in [3.8, 4) is 0 Å². The molecule has 3 heteroatoms. The molecule has 0 radical (unpaired) electrons. The third kappa shape index (κ3) is 3.40. The highest BCUT2D eigenvalue weighted by molar-refractivity contribution is 5.96. The first-order chi connectivity index (χ1) is 9.49. The van der Waals surface area contributed by atoms with Gasteiger partial charge in [-0.15, -0.1) is 0 Å². The van der Waals surface area contributed by atoms with Gasteiger partial charge >= 0.3 is 0 Å². The molecule has 0 aromatic heterocycles. The van der Waals surface area contributed by atoms with Crippen molar-refractivity contribution in [2.24, 2.45) is 0 Å². The number of nitrogens with zero attached hydrogens (tertiary/aromatic N) is 1. The summed E-state index contributed by atoms with van der Waals surface area (Å²) in [5.41, 5.74) is 3.11. The fourth-order valence-electron chi connectivity index (χ4n) is 2.89. The van der Waals surface area contributed by atoms with E-state index in [1.807, 2.05) is 24.0 Å². The maximum absolute atomic E-state index is 12.8. The summed E-state index contributed by atoms with van der Waals surface area (Å²) in [4.78, 5) is 14.8. The summed E-state index contributed by atoms with van der Waals surface area (Å²) in [6.45, 7) is 10.2. The second-order valence-electron chi connectivity index (χ2n) is 6.16. The number of nitrogens with one attached hydrogen (secondary N) is 1. The van der Waals surface area contributed by atoms with Crippen molar-refractivity contribution in [3.05, 3.63) is 34.9 Å². The van der Waals surface area contributed by atoms with Gasteiger partial charge in [0.25, 0.3) is 5.91 Å². The van der Waals surface area contributed by atoms with E-state index in [0.29, 0.717) is 6.04 Å². The number of hydrogen-bond donors (Lipinski definition) is 1. The van der Waals surface area contributed by atoms with Crippen molar-refractivity contribution in [1.29, 1.82) is 0 Å². The normalized spacial score (nSPS) is 18.6. The molecular weight excluding hydrogens is 248 g/mol. The minimum Gasteiger partial charge on any atom is -0.335 e. The predicted octanol–water partition coefficient (Wildman–Crippen LogP) is 2.91. The van der Waals surface area contributed by atoms with Crippen LogP contribution in [0.1, 0.15) is 48.2 Å². The fourth-order valence-corrected chi connectivity index (χ4v) is 2.89. The van der Waals surface area contributed by atoms with E-state index >= 15 is 0 Å². The molecule has 1 saturated heterocycles. The van der Waals surface area contributed by atoms with Gasteiger partial charge in [0.05, 0.1) is 0 Å². The summed E-state index contributed by atoms with van der Waals surface area (Å²) in [6.07, 6.45) is 2.39. The monoisotopic (exact) mass is 274 g/mol. The molecule has 0 bridgehead atoms. The van der Waals surface area contributed by atoms with Crippen molar-refractivity contribution in [3.63, 3.8) is 0 Å². The van der Waals surface area contributed by atoms with Crippen LogP contribution in [-0.2, 0) is 0 Å². The molecule has 1 aromatic carbocycles. The third-order valence-electron chi connectivity index (χ3n) is 4.08. The van der Waals surface area contributed by atoms with Crippen LogP contribution in [-0.4, -0.2) is 36.0 Å². The summed E-state index contributed by atoms with van der Waals surface area (Å²) in [5, 5.41) is 3.48. The first-order valence-corrected chi connectivity index (χ1v) is 7.60. The highest BCUT2D eigenvalue weighted by Gasteiger charge is 2.25. The van der Waals surface area contributed by atoms with Gasteiger partial charge in [-0.3, -0.25) is 4.79 Å². The smallest absolute Gasteiger partial charge is 0.254 e. The Hall–Kier alpha value is -1.35. The van der Waals surface area contributed by atoms with Crippen LogP contribution >= 0.6 is 0 Å². The molecule has 1 aromatic rings. The Morgan fingerprint density at radius 2 is 2.15 bits per heavy atom. The van der Waals surface area contributed by atoms with Crippen LogP contribution in [0.25, 0.3) is 0 Å². The zero-order valence-corrected chi connectivity index (χ0v) is 13.1. The average molecular weight is 274 g/mol. The number of aryl methyl sites for hydroxylation is 2. The molecule has 110 valence electrons. The molecule has 1 amide bonds. The fraction of sp³-hybridized carbons (Fsp3) is 0.588. The van der Waals surface area contributed by atoms with E-state index in [1.54, 1.807) is 0 Å². The van der Waals surface area contributed by atoms with Crippen molar-refractivity contribution >= 4 is 5.91 Å². The first kappa shape index (κ1) is 15.0. The first-order valence-electron chi connectivity index (χ1n) is 7.60. The van der Waals surface area contributed by atoms with Gasteiger partial charge in [0, 0.05) is 24.2 Å². The van der Waals surface area contributed by atoms with Crippen LogP contribution in [0.15, 0.2) is 18.2 Å². The van der Waals surface area contributed by atoms with E-state index in [0.717, 1.165) is 24.2 Å². The number of benzene rings is 1. The minimum atomic E-state index is 0.159. The van der Waals surface area contributed by atoms with Crippen LogP contribution in [0, 0.1) is 13.8 Å². The molecule has 0 aliphatic carbocycles. The molecular formula is C17H26N2O. The largest absolute Gasteiger partial charge is 0.335 e. The Bertz CT molecular complexity index is 476. The summed E-state index contributed by atoms with van der Waals surface area (Å²) in [5.74, 6) is 0.159. The number of amides is 1. The van der Waals surface area contributed by atoms with Gasteiger partial charge in [-0.2, -0.15) is 0 Å². The number of rotatable bonds is 4. The maximum Gasteiger partial charge on any atom is 0.254 e. The Labute approximate surface area is 122 Å². The molecule has 1 aliphatic rings. The maximum atomic E-state index is 12.8. The summed E-state index contributed by atoms with van der Waals surface area (Å²) in [7, 11) is 0. The lowest BCUT2D eigenvalue weighted by Gasteiger charge is -2.30. The highest BCUT2D eigenvalue weighted by Crippen LogP contribution is 2.17. The highest BCUT2D eigenvalue weighted by atomic mass is 16.2. The number of hydrogen-bond acceptors (Lipinski definition) is 2. The van der Waals surface area contributed by atoms with E-state index in [1.165, 1.54) is 18.4 Å². The lowest BCUT2D eigenvalue weighted by Crippen LogP contribution is -2.45. The Kier molecular flexibility index (Phi) is 4.81. The summed E-state index contributed by atoms with van der Waals surface area (Å²) in [6, 6.07) is 6.74. The number of carbonyl (C=O) groups is 1. The lowest BCUT2D eigenvalue weighted by atomic mass is 10.0. The molecule has 1 heterocycles. The summed E-state index contributed by atoms with van der Waals surface area (Å²) >= 11 is 0. The van der Waals surface area contributed by atoms with Gasteiger partial charge < -0.3 is 10.2 Å². The molecule has 1 fully saturated rings. The molecule has 1 N–H and O–H groups in total. The molecule has 1 aliphatic heterocycles. The van der Waals surface area contributed by atoms with Crippen LogP contribution in [0.4, 0.5) is 0 Å². The van der Waals surface area contributed by atoms with Crippen LogP contribution in [0.5, 0.6) is 0 Å².